The normalized spacial score (nSPS) is 12.0. The minimum atomic E-state index is -3.51. The minimum absolute atomic E-state index is 0.171. The van der Waals surface area contributed by atoms with E-state index in [1.54, 1.807) is 0 Å². The second-order valence-corrected chi connectivity index (χ2v) is 9.78. The highest BCUT2D eigenvalue weighted by molar-refractivity contribution is 9.10. The molecule has 0 spiro atoms. The van der Waals surface area contributed by atoms with Gasteiger partial charge >= 0.3 is 6.03 Å². The standard InChI is InChI=1S/C16H21BrN4O3S2/c1-16(2,11-4-6-12(17)7-5-11)13-10-25-15(20-13)21-14(22)19-8-3-9-26(18,23)24/h4-7,10H,3,8-9H2,1-2H3,(H2,18,23,24)(H2,19,20,21,22). The third kappa shape index (κ3) is 6.04. The summed E-state index contributed by atoms with van der Waals surface area (Å²) in [6, 6.07) is 7.61. The Morgan fingerprint density at radius 3 is 2.58 bits per heavy atom. The molecule has 4 N–H and O–H groups in total. The van der Waals surface area contributed by atoms with Crippen molar-refractivity contribution in [2.24, 2.45) is 5.14 Å². The Morgan fingerprint density at radius 1 is 1.31 bits per heavy atom. The summed E-state index contributed by atoms with van der Waals surface area (Å²) in [6.45, 7) is 4.36. The third-order valence-corrected chi connectivity index (χ3v) is 5.97. The SMILES string of the molecule is CC(C)(c1ccc(Br)cc1)c1csc(NC(=O)NCCCS(N)(=O)=O)n1. The third-order valence-electron chi connectivity index (χ3n) is 3.82. The van der Waals surface area contributed by atoms with E-state index in [2.05, 4.69) is 45.4 Å². The Kier molecular flexibility index (Phi) is 6.78. The number of sulfonamides is 1. The molecule has 0 unspecified atom stereocenters. The summed E-state index contributed by atoms with van der Waals surface area (Å²) in [5.41, 5.74) is 1.67. The number of halogens is 1. The summed E-state index contributed by atoms with van der Waals surface area (Å²) < 4.78 is 22.7. The van der Waals surface area contributed by atoms with Crippen LogP contribution in [0.4, 0.5) is 9.93 Å². The molecule has 0 atom stereocenters. The molecule has 26 heavy (non-hydrogen) atoms. The lowest BCUT2D eigenvalue weighted by Crippen LogP contribution is -2.31. The molecule has 0 aliphatic carbocycles. The second kappa shape index (κ2) is 8.47. The average Bonchev–Trinajstić information content (AvgIpc) is 3.00. The molecule has 0 radical (unpaired) electrons. The topological polar surface area (TPSA) is 114 Å². The van der Waals surface area contributed by atoms with Gasteiger partial charge in [0.15, 0.2) is 5.13 Å². The number of carbonyl (C=O) groups excluding carboxylic acids is 1. The van der Waals surface area contributed by atoms with Crippen LogP contribution in [0.3, 0.4) is 0 Å². The predicted molar refractivity (Wildman–Crippen MR) is 108 cm³/mol. The maximum Gasteiger partial charge on any atom is 0.321 e. The number of anilines is 1. The molecule has 2 rings (SSSR count). The first-order valence-electron chi connectivity index (χ1n) is 7.85. The zero-order valence-corrected chi connectivity index (χ0v) is 17.7. The van der Waals surface area contributed by atoms with Gasteiger partial charge in [-0.3, -0.25) is 5.32 Å². The van der Waals surface area contributed by atoms with Crippen LogP contribution in [0.2, 0.25) is 0 Å². The second-order valence-electron chi connectivity index (χ2n) is 6.27. The van der Waals surface area contributed by atoms with Gasteiger partial charge in [-0.25, -0.2) is 23.3 Å². The molecule has 7 nitrogen and oxygen atoms in total. The molecule has 1 aromatic carbocycles. The fourth-order valence-corrected chi connectivity index (χ4v) is 3.93. The Morgan fingerprint density at radius 2 is 1.96 bits per heavy atom. The van der Waals surface area contributed by atoms with Crippen molar-refractivity contribution >= 4 is 48.5 Å². The highest BCUT2D eigenvalue weighted by Crippen LogP contribution is 2.33. The van der Waals surface area contributed by atoms with Crippen LogP contribution in [-0.4, -0.2) is 31.7 Å². The molecule has 0 aliphatic heterocycles. The van der Waals surface area contributed by atoms with Crippen LogP contribution in [0, 0.1) is 0 Å². The monoisotopic (exact) mass is 460 g/mol. The van der Waals surface area contributed by atoms with E-state index in [0.29, 0.717) is 5.13 Å². The van der Waals surface area contributed by atoms with E-state index in [1.807, 2.05) is 29.6 Å². The number of urea groups is 1. The van der Waals surface area contributed by atoms with E-state index < -0.39 is 16.1 Å². The zero-order valence-electron chi connectivity index (χ0n) is 14.5. The largest absolute Gasteiger partial charge is 0.338 e. The molecular formula is C16H21BrN4O3S2. The number of nitrogens with one attached hydrogen (secondary N) is 2. The van der Waals surface area contributed by atoms with Crippen LogP contribution in [0.5, 0.6) is 0 Å². The number of nitrogens with two attached hydrogens (primary N) is 1. The van der Waals surface area contributed by atoms with Crippen molar-refractivity contribution in [3.8, 4) is 0 Å². The van der Waals surface area contributed by atoms with Crippen LogP contribution in [0.25, 0.3) is 0 Å². The van der Waals surface area contributed by atoms with Crippen molar-refractivity contribution in [2.75, 3.05) is 17.6 Å². The smallest absolute Gasteiger partial charge is 0.321 e. The first-order chi connectivity index (χ1) is 12.1. The molecule has 0 saturated heterocycles. The molecule has 0 aliphatic rings. The van der Waals surface area contributed by atoms with E-state index in [9.17, 15) is 13.2 Å². The Labute approximate surface area is 165 Å². The number of primary sulfonamides is 1. The van der Waals surface area contributed by atoms with Gasteiger partial charge in [0, 0.05) is 21.8 Å². The van der Waals surface area contributed by atoms with Gasteiger partial charge in [0.25, 0.3) is 0 Å². The van der Waals surface area contributed by atoms with Gasteiger partial charge < -0.3 is 5.32 Å². The fraction of sp³-hybridized carbons (Fsp3) is 0.375. The summed E-state index contributed by atoms with van der Waals surface area (Å²) in [5.74, 6) is -0.171. The number of aromatic nitrogens is 1. The van der Waals surface area contributed by atoms with Gasteiger partial charge in [0.2, 0.25) is 10.0 Å². The molecule has 1 heterocycles. The summed E-state index contributed by atoms with van der Waals surface area (Å²) in [4.78, 5) is 16.4. The number of hydrogen-bond donors (Lipinski definition) is 3. The molecule has 0 fully saturated rings. The van der Waals surface area contributed by atoms with E-state index in [-0.39, 0.29) is 24.1 Å². The molecular weight excluding hydrogens is 440 g/mol. The van der Waals surface area contributed by atoms with E-state index in [4.69, 9.17) is 5.14 Å². The van der Waals surface area contributed by atoms with Crippen LogP contribution in [0.15, 0.2) is 34.1 Å². The first kappa shape index (κ1) is 20.8. The van der Waals surface area contributed by atoms with Gasteiger partial charge in [-0.1, -0.05) is 41.9 Å². The summed E-state index contributed by atoms with van der Waals surface area (Å²) in [7, 11) is -3.51. The molecule has 2 amide bonds. The highest BCUT2D eigenvalue weighted by Gasteiger charge is 2.26. The molecule has 1 aromatic heterocycles. The fourth-order valence-electron chi connectivity index (χ4n) is 2.25. The minimum Gasteiger partial charge on any atom is -0.338 e. The van der Waals surface area contributed by atoms with Gasteiger partial charge in [-0.2, -0.15) is 0 Å². The maximum absolute atomic E-state index is 11.9. The molecule has 10 heteroatoms. The van der Waals surface area contributed by atoms with Gasteiger partial charge in [-0.15, -0.1) is 11.3 Å². The quantitative estimate of drug-likeness (QED) is 0.550. The predicted octanol–water partition coefficient (Wildman–Crippen LogP) is 3.03. The number of hydrogen-bond acceptors (Lipinski definition) is 5. The molecule has 2 aromatic rings. The van der Waals surface area contributed by atoms with Crippen molar-refractivity contribution in [2.45, 2.75) is 25.7 Å². The van der Waals surface area contributed by atoms with E-state index in [0.717, 1.165) is 15.7 Å². The summed E-state index contributed by atoms with van der Waals surface area (Å²) in [6.07, 6.45) is 0.256. The van der Waals surface area contributed by atoms with Crippen LogP contribution < -0.4 is 15.8 Å². The van der Waals surface area contributed by atoms with Crippen molar-refractivity contribution in [1.82, 2.24) is 10.3 Å². The number of carbonyl (C=O) groups is 1. The highest BCUT2D eigenvalue weighted by atomic mass is 79.9. The molecule has 142 valence electrons. The lowest BCUT2D eigenvalue weighted by molar-refractivity contribution is 0.252. The first-order valence-corrected chi connectivity index (χ1v) is 11.2. The number of thiazole rings is 1. The van der Waals surface area contributed by atoms with Crippen LogP contribution in [-0.2, 0) is 15.4 Å². The average molecular weight is 461 g/mol. The Bertz CT molecular complexity index is 864. The summed E-state index contributed by atoms with van der Waals surface area (Å²) >= 11 is 4.77. The number of benzene rings is 1. The maximum atomic E-state index is 11.9. The number of rotatable bonds is 7. The summed E-state index contributed by atoms with van der Waals surface area (Å²) in [5, 5.41) is 12.5. The number of nitrogens with zero attached hydrogens (tertiary/aromatic N) is 1. The van der Waals surface area contributed by atoms with Crippen molar-refractivity contribution in [3.63, 3.8) is 0 Å². The van der Waals surface area contributed by atoms with Gasteiger partial charge in [-0.05, 0) is 24.1 Å². The molecule has 0 saturated carbocycles. The molecule has 0 bridgehead atoms. The van der Waals surface area contributed by atoms with Crippen LogP contribution >= 0.6 is 27.3 Å². The zero-order chi connectivity index (χ0) is 19.4. The van der Waals surface area contributed by atoms with Gasteiger partial charge in [0.05, 0.1) is 11.4 Å². The lowest BCUT2D eigenvalue weighted by Gasteiger charge is -2.23. The Balaban J connectivity index is 1.94. The number of amides is 2. The van der Waals surface area contributed by atoms with Crippen molar-refractivity contribution < 1.29 is 13.2 Å². The van der Waals surface area contributed by atoms with Crippen LogP contribution in [0.1, 0.15) is 31.5 Å². The lowest BCUT2D eigenvalue weighted by atomic mass is 9.82. The van der Waals surface area contributed by atoms with E-state index >= 15 is 0 Å². The Hall–Kier alpha value is -1.49. The van der Waals surface area contributed by atoms with Crippen molar-refractivity contribution in [1.29, 1.82) is 0 Å². The van der Waals surface area contributed by atoms with Crippen molar-refractivity contribution in [3.05, 3.63) is 45.4 Å². The van der Waals surface area contributed by atoms with E-state index in [1.165, 1.54) is 11.3 Å². The van der Waals surface area contributed by atoms with Gasteiger partial charge in [0.1, 0.15) is 0 Å².